The summed E-state index contributed by atoms with van der Waals surface area (Å²) in [6.45, 7) is 5.30. The van der Waals surface area contributed by atoms with Gasteiger partial charge >= 0.3 is 6.09 Å². The number of hydrogen-bond donors (Lipinski definition) is 2. The number of halogens is 3. The number of aromatic nitrogens is 2. The smallest absolute Gasteiger partial charge is 0.404 e. The summed E-state index contributed by atoms with van der Waals surface area (Å²) in [6, 6.07) is 4.75. The average Bonchev–Trinajstić information content (AvgIpc) is 3.25. The van der Waals surface area contributed by atoms with Gasteiger partial charge in [0.1, 0.15) is 9.90 Å². The van der Waals surface area contributed by atoms with Gasteiger partial charge in [0.2, 0.25) is 5.95 Å². The molecule has 0 saturated carbocycles. The molecule has 0 radical (unpaired) electrons. The van der Waals surface area contributed by atoms with Gasteiger partial charge in [-0.05, 0) is 52.0 Å². The molecule has 172 valence electrons. The highest BCUT2D eigenvalue weighted by atomic mass is 79.9. The lowest BCUT2D eigenvalue weighted by Gasteiger charge is -2.30. The maximum Gasteiger partial charge on any atom is 0.404 e. The Kier molecular flexibility index (Phi) is 6.78. The fourth-order valence-electron chi connectivity index (χ4n) is 3.12. The molecular weight excluding hydrogens is 528 g/mol. The molecule has 1 unspecified atom stereocenters. The second-order valence-corrected chi connectivity index (χ2v) is 12.6. The normalized spacial score (nSPS) is 13.2. The number of rotatable bonds is 6. The first-order valence-corrected chi connectivity index (χ1v) is 12.4. The van der Waals surface area contributed by atoms with E-state index >= 15 is 4.39 Å². The Hall–Kier alpha value is -2.31. The molecule has 3 aromatic rings. The van der Waals surface area contributed by atoms with E-state index in [-0.39, 0.29) is 21.8 Å². The lowest BCUT2D eigenvalue weighted by atomic mass is 9.83. The molecule has 3 rings (SSSR count). The number of nitrogens with one attached hydrogen (secondary N) is 1. The third-order valence-corrected chi connectivity index (χ3v) is 8.58. The minimum absolute atomic E-state index is 0.0730. The maximum absolute atomic E-state index is 15.6. The molecule has 32 heavy (non-hydrogen) atoms. The van der Waals surface area contributed by atoms with Crippen LogP contribution in [-0.2, 0) is 16.4 Å². The van der Waals surface area contributed by atoms with Gasteiger partial charge in [-0.2, -0.15) is 12.8 Å². The van der Waals surface area contributed by atoms with Crippen LogP contribution in [0.5, 0.6) is 0 Å². The van der Waals surface area contributed by atoms with E-state index in [4.69, 9.17) is 0 Å². The SMILES string of the molecule is CC(C)(C)C(Cc1cn(S(=O)(=O)c2ccc(Br)s2)c(-c2cccnc2F)c1F)NC(=O)O. The zero-order valence-electron chi connectivity index (χ0n) is 17.3. The molecule has 0 saturated heterocycles. The van der Waals surface area contributed by atoms with Gasteiger partial charge in [-0.1, -0.05) is 20.8 Å². The predicted octanol–water partition coefficient (Wildman–Crippen LogP) is 5.11. The van der Waals surface area contributed by atoms with E-state index in [1.807, 2.05) is 0 Å². The van der Waals surface area contributed by atoms with Gasteiger partial charge in [0.15, 0.2) is 5.82 Å². The van der Waals surface area contributed by atoms with Crippen LogP contribution >= 0.6 is 27.3 Å². The molecule has 3 heterocycles. The summed E-state index contributed by atoms with van der Waals surface area (Å²) in [6.07, 6.45) is 0.803. The number of nitrogens with zero attached hydrogens (tertiary/aromatic N) is 2. The van der Waals surface area contributed by atoms with Crippen molar-refractivity contribution in [2.45, 2.75) is 37.4 Å². The molecule has 0 aromatic carbocycles. The number of pyridine rings is 1. The monoisotopic (exact) mass is 547 g/mol. The minimum Gasteiger partial charge on any atom is -0.465 e. The fourth-order valence-corrected chi connectivity index (χ4v) is 6.61. The highest BCUT2D eigenvalue weighted by Crippen LogP contribution is 2.36. The number of thiophene rings is 1. The summed E-state index contributed by atoms with van der Waals surface area (Å²) in [7, 11) is -4.28. The van der Waals surface area contributed by atoms with Crippen molar-refractivity contribution >= 4 is 43.4 Å². The second-order valence-electron chi connectivity index (χ2n) is 8.09. The molecule has 12 heteroatoms. The van der Waals surface area contributed by atoms with Crippen molar-refractivity contribution in [3.63, 3.8) is 0 Å². The highest BCUT2D eigenvalue weighted by Gasteiger charge is 2.33. The van der Waals surface area contributed by atoms with Crippen molar-refractivity contribution in [2.75, 3.05) is 0 Å². The lowest BCUT2D eigenvalue weighted by Crippen LogP contribution is -2.44. The van der Waals surface area contributed by atoms with Crippen LogP contribution in [0, 0.1) is 17.2 Å². The summed E-state index contributed by atoms with van der Waals surface area (Å²) >= 11 is 4.13. The average molecular weight is 548 g/mol. The van der Waals surface area contributed by atoms with Crippen LogP contribution in [0.2, 0.25) is 0 Å². The first kappa shape index (κ1) is 24.3. The Bertz CT molecular complexity index is 1270. The Balaban J connectivity index is 2.23. The molecule has 3 aromatic heterocycles. The van der Waals surface area contributed by atoms with Gasteiger partial charge in [-0.25, -0.2) is 18.1 Å². The number of hydrogen-bond acceptors (Lipinski definition) is 5. The molecule has 0 aliphatic carbocycles. The van der Waals surface area contributed by atoms with Crippen molar-refractivity contribution in [3.05, 3.63) is 57.8 Å². The third-order valence-electron chi connectivity index (χ3n) is 4.83. The summed E-state index contributed by atoms with van der Waals surface area (Å²) in [4.78, 5) is 14.8. The van der Waals surface area contributed by atoms with Gasteiger partial charge < -0.3 is 10.4 Å². The van der Waals surface area contributed by atoms with Crippen molar-refractivity contribution < 1.29 is 27.1 Å². The molecule has 0 aliphatic rings. The van der Waals surface area contributed by atoms with Crippen LogP contribution in [-0.4, -0.2) is 34.6 Å². The van der Waals surface area contributed by atoms with E-state index in [1.165, 1.54) is 30.5 Å². The lowest BCUT2D eigenvalue weighted by molar-refractivity contribution is 0.174. The first-order valence-electron chi connectivity index (χ1n) is 9.33. The van der Waals surface area contributed by atoms with Gasteiger partial charge in [0.05, 0.1) is 9.35 Å². The summed E-state index contributed by atoms with van der Waals surface area (Å²) in [5.74, 6) is -1.99. The zero-order valence-corrected chi connectivity index (χ0v) is 20.5. The molecule has 2 N–H and O–H groups in total. The molecule has 0 bridgehead atoms. The van der Waals surface area contributed by atoms with E-state index in [2.05, 4.69) is 26.2 Å². The molecule has 1 atom stereocenters. The van der Waals surface area contributed by atoms with E-state index in [0.717, 1.165) is 17.5 Å². The van der Waals surface area contributed by atoms with E-state index in [9.17, 15) is 22.7 Å². The molecule has 7 nitrogen and oxygen atoms in total. The summed E-state index contributed by atoms with van der Waals surface area (Å²) in [5.41, 5.74) is -1.51. The molecule has 0 fully saturated rings. The van der Waals surface area contributed by atoms with Crippen LogP contribution in [0.3, 0.4) is 0 Å². The Morgan fingerprint density at radius 2 is 2.00 bits per heavy atom. The maximum atomic E-state index is 15.6. The van der Waals surface area contributed by atoms with E-state index < -0.39 is 45.0 Å². The summed E-state index contributed by atoms with van der Waals surface area (Å²) < 4.78 is 57.9. The van der Waals surface area contributed by atoms with Gasteiger partial charge in [-0.3, -0.25) is 0 Å². The number of carboxylic acid groups (broad SMARTS) is 1. The standard InChI is InChI=1S/C20H20BrF2N3O4S2/c1-20(2,3)13(25-19(27)28)9-11-10-26(32(29,30)15-7-6-14(21)31-15)17(16(11)22)12-5-4-8-24-18(12)23/h4-8,10,13,25H,9H2,1-3H3,(H,27,28). The predicted molar refractivity (Wildman–Crippen MR) is 120 cm³/mol. The van der Waals surface area contributed by atoms with Gasteiger partial charge in [0, 0.05) is 24.0 Å². The second kappa shape index (κ2) is 8.91. The van der Waals surface area contributed by atoms with Gasteiger partial charge in [-0.15, -0.1) is 11.3 Å². The quantitative estimate of drug-likeness (QED) is 0.417. The van der Waals surface area contributed by atoms with Gasteiger partial charge in [0.25, 0.3) is 10.0 Å². The fraction of sp³-hybridized carbons (Fsp3) is 0.300. The molecule has 0 spiro atoms. The van der Waals surface area contributed by atoms with Crippen LogP contribution in [0.1, 0.15) is 26.3 Å². The molecule has 1 amide bonds. The minimum atomic E-state index is -4.28. The highest BCUT2D eigenvalue weighted by molar-refractivity contribution is 9.11. The largest absolute Gasteiger partial charge is 0.465 e. The van der Waals surface area contributed by atoms with E-state index in [1.54, 1.807) is 20.8 Å². The first-order chi connectivity index (χ1) is 14.8. The van der Waals surface area contributed by atoms with Crippen molar-refractivity contribution in [1.29, 1.82) is 0 Å². The van der Waals surface area contributed by atoms with Crippen LogP contribution in [0.25, 0.3) is 11.3 Å². The van der Waals surface area contributed by atoms with Crippen molar-refractivity contribution in [3.8, 4) is 11.3 Å². The zero-order chi connectivity index (χ0) is 23.8. The third kappa shape index (κ3) is 4.86. The molecular formula is C20H20BrF2N3O4S2. The van der Waals surface area contributed by atoms with Crippen molar-refractivity contribution in [1.82, 2.24) is 14.3 Å². The summed E-state index contributed by atoms with van der Waals surface area (Å²) in [5, 5.41) is 11.5. The topological polar surface area (TPSA) is 101 Å². The Labute approximate surface area is 196 Å². The number of amides is 1. The van der Waals surface area contributed by atoms with Crippen LogP contribution in [0.15, 0.2) is 44.7 Å². The Morgan fingerprint density at radius 1 is 1.31 bits per heavy atom. The van der Waals surface area contributed by atoms with Crippen LogP contribution in [0.4, 0.5) is 13.6 Å². The Morgan fingerprint density at radius 3 is 2.53 bits per heavy atom. The number of carbonyl (C=O) groups is 1. The van der Waals surface area contributed by atoms with Crippen LogP contribution < -0.4 is 5.32 Å². The van der Waals surface area contributed by atoms with E-state index in [0.29, 0.717) is 7.76 Å². The van der Waals surface area contributed by atoms with Crippen molar-refractivity contribution in [2.24, 2.45) is 5.41 Å². The molecule has 0 aliphatic heterocycles.